The van der Waals surface area contributed by atoms with Crippen LogP contribution in [-0.2, 0) is 13.2 Å². The van der Waals surface area contributed by atoms with E-state index in [-0.39, 0.29) is 0 Å². The molecule has 2 heterocycles. The van der Waals surface area contributed by atoms with Crippen molar-refractivity contribution >= 4 is 27.5 Å². The Labute approximate surface area is 205 Å². The van der Waals surface area contributed by atoms with Crippen LogP contribution in [0.1, 0.15) is 24.0 Å². The monoisotopic (exact) mass is 521 g/mol. The Morgan fingerprint density at radius 1 is 0.969 bits per heavy atom. The minimum absolute atomic E-state index is 0.510. The van der Waals surface area contributed by atoms with Gasteiger partial charge in [-0.05, 0) is 55.8 Å². The molecular weight excluding hydrogens is 490 g/mol. The van der Waals surface area contributed by atoms with Crippen LogP contribution >= 0.6 is 27.5 Å². The first-order valence-corrected chi connectivity index (χ1v) is 12.6. The quantitative estimate of drug-likeness (QED) is 0.588. The van der Waals surface area contributed by atoms with Crippen molar-refractivity contribution in [2.45, 2.75) is 31.6 Å². The zero-order chi connectivity index (χ0) is 22.6. The molecule has 0 aromatic heterocycles. The number of hydrogen-bond donors (Lipinski definition) is 1. The van der Waals surface area contributed by atoms with Crippen LogP contribution in [0.25, 0.3) is 0 Å². The summed E-state index contributed by atoms with van der Waals surface area (Å²) >= 11 is 9.59. The Balaban J connectivity index is 1.32. The molecule has 0 spiro atoms. The molecule has 4 rings (SSSR count). The topological polar surface area (TPSA) is 39.2 Å². The largest absolute Gasteiger partial charge is 0.489 e. The molecule has 2 saturated heterocycles. The maximum atomic E-state index is 11.2. The molecule has 5 nitrogen and oxygen atoms in total. The van der Waals surface area contributed by atoms with E-state index in [9.17, 15) is 5.11 Å². The number of β-amino-alcohol motifs (C(OH)–C–C–N with tert-alkyl or cyclic N) is 1. The highest BCUT2D eigenvalue weighted by Gasteiger charge is 2.34. The molecule has 2 aliphatic heterocycles. The van der Waals surface area contributed by atoms with E-state index < -0.39 is 5.60 Å². The van der Waals surface area contributed by atoms with Crippen molar-refractivity contribution in [3.05, 3.63) is 63.1 Å². The molecule has 2 fully saturated rings. The van der Waals surface area contributed by atoms with Gasteiger partial charge in [0, 0.05) is 67.4 Å². The highest BCUT2D eigenvalue weighted by Crippen LogP contribution is 2.29. The highest BCUT2D eigenvalue weighted by molar-refractivity contribution is 9.10. The molecule has 7 heteroatoms. The minimum atomic E-state index is -0.572. The fourth-order valence-electron chi connectivity index (χ4n) is 4.50. The average Bonchev–Trinajstić information content (AvgIpc) is 2.78. The van der Waals surface area contributed by atoms with E-state index in [1.54, 1.807) is 0 Å². The summed E-state index contributed by atoms with van der Waals surface area (Å²) in [7, 11) is 2.17. The van der Waals surface area contributed by atoms with E-state index in [1.165, 1.54) is 0 Å². The van der Waals surface area contributed by atoms with Crippen molar-refractivity contribution in [1.82, 2.24) is 14.7 Å². The number of piperazine rings is 1. The lowest BCUT2D eigenvalue weighted by Gasteiger charge is -2.43. The molecule has 0 bridgehead atoms. The Morgan fingerprint density at radius 2 is 1.66 bits per heavy atom. The van der Waals surface area contributed by atoms with Crippen LogP contribution in [0.4, 0.5) is 0 Å². The number of hydrogen-bond acceptors (Lipinski definition) is 5. The number of likely N-dealkylation sites (tertiary alicyclic amines) is 1. The maximum absolute atomic E-state index is 11.2. The molecular formula is C25H33BrClN3O2. The van der Waals surface area contributed by atoms with Crippen LogP contribution in [0.15, 0.2) is 46.9 Å². The lowest BCUT2D eigenvalue weighted by molar-refractivity contribution is -0.0527. The minimum Gasteiger partial charge on any atom is -0.489 e. The number of rotatable bonds is 7. The summed E-state index contributed by atoms with van der Waals surface area (Å²) < 4.78 is 7.21. The lowest BCUT2D eigenvalue weighted by atomic mass is 9.90. The first-order chi connectivity index (χ1) is 15.4. The smallest absolute Gasteiger partial charge is 0.124 e. The molecule has 0 aliphatic carbocycles. The summed E-state index contributed by atoms with van der Waals surface area (Å²) in [6.45, 7) is 8.19. The molecule has 0 amide bonds. The van der Waals surface area contributed by atoms with Gasteiger partial charge in [-0.3, -0.25) is 9.80 Å². The molecule has 0 unspecified atom stereocenters. The standard InChI is InChI=1S/C25H33BrClN3O2/c1-28-12-14-30(15-13-28)19-25(31)8-10-29(11-9-25)17-21-16-22(26)4-7-24(21)32-18-20-2-5-23(27)6-3-20/h2-7,16,31H,8-15,17-19H2,1H3. The van der Waals surface area contributed by atoms with Gasteiger partial charge < -0.3 is 14.7 Å². The number of piperidine rings is 1. The van der Waals surface area contributed by atoms with E-state index in [4.69, 9.17) is 16.3 Å². The van der Waals surface area contributed by atoms with Gasteiger partial charge in [0.2, 0.25) is 0 Å². The first-order valence-electron chi connectivity index (χ1n) is 11.4. The normalized spacial score (nSPS) is 20.4. The van der Waals surface area contributed by atoms with Crippen molar-refractivity contribution in [3.63, 3.8) is 0 Å². The molecule has 0 saturated carbocycles. The zero-order valence-corrected chi connectivity index (χ0v) is 21.1. The first kappa shape index (κ1) is 24.0. The molecule has 0 radical (unpaired) electrons. The molecule has 32 heavy (non-hydrogen) atoms. The number of halogens is 2. The Hall–Kier alpha value is -1.15. The summed E-state index contributed by atoms with van der Waals surface area (Å²) in [4.78, 5) is 7.20. The van der Waals surface area contributed by atoms with Gasteiger partial charge >= 0.3 is 0 Å². The fraction of sp³-hybridized carbons (Fsp3) is 0.520. The number of benzene rings is 2. The van der Waals surface area contributed by atoms with E-state index in [2.05, 4.69) is 43.7 Å². The number of likely N-dealkylation sites (N-methyl/N-ethyl adjacent to an activating group) is 1. The maximum Gasteiger partial charge on any atom is 0.124 e. The van der Waals surface area contributed by atoms with Gasteiger partial charge in [-0.2, -0.15) is 0 Å². The van der Waals surface area contributed by atoms with E-state index in [0.29, 0.717) is 6.61 Å². The highest BCUT2D eigenvalue weighted by atomic mass is 79.9. The lowest BCUT2D eigenvalue weighted by Crippen LogP contribution is -2.54. The van der Waals surface area contributed by atoms with E-state index >= 15 is 0 Å². The van der Waals surface area contributed by atoms with Crippen LogP contribution in [0.2, 0.25) is 5.02 Å². The second kappa shape index (κ2) is 10.9. The van der Waals surface area contributed by atoms with Crippen molar-refractivity contribution < 1.29 is 9.84 Å². The summed E-state index contributed by atoms with van der Waals surface area (Å²) in [6, 6.07) is 14.0. The van der Waals surface area contributed by atoms with Gasteiger partial charge in [0.15, 0.2) is 0 Å². The van der Waals surface area contributed by atoms with Gasteiger partial charge in [0.1, 0.15) is 12.4 Å². The summed E-state index contributed by atoms with van der Waals surface area (Å²) in [5.41, 5.74) is 1.69. The number of aliphatic hydroxyl groups is 1. The van der Waals surface area contributed by atoms with Crippen molar-refractivity contribution in [3.8, 4) is 5.75 Å². The Kier molecular flexibility index (Phi) is 8.13. The van der Waals surface area contributed by atoms with E-state index in [0.717, 1.165) is 91.6 Å². The van der Waals surface area contributed by atoms with Crippen molar-refractivity contribution in [2.75, 3.05) is 52.9 Å². The summed E-state index contributed by atoms with van der Waals surface area (Å²) in [6.07, 6.45) is 1.63. The van der Waals surface area contributed by atoms with Crippen LogP contribution in [0, 0.1) is 0 Å². The second-order valence-corrected chi connectivity index (χ2v) is 10.6. The number of ether oxygens (including phenoxy) is 1. The third-order valence-corrected chi connectivity index (χ3v) is 7.37. The second-order valence-electron chi connectivity index (χ2n) is 9.25. The Bertz CT molecular complexity index is 879. The molecule has 2 aromatic rings. The Morgan fingerprint density at radius 3 is 2.34 bits per heavy atom. The van der Waals surface area contributed by atoms with Crippen molar-refractivity contribution in [2.24, 2.45) is 0 Å². The average molecular weight is 523 g/mol. The van der Waals surface area contributed by atoms with Crippen LogP contribution in [-0.4, -0.2) is 78.3 Å². The molecule has 0 atom stereocenters. The predicted molar refractivity (Wildman–Crippen MR) is 133 cm³/mol. The van der Waals surface area contributed by atoms with Crippen molar-refractivity contribution in [1.29, 1.82) is 0 Å². The van der Waals surface area contributed by atoms with Crippen LogP contribution in [0.5, 0.6) is 5.75 Å². The predicted octanol–water partition coefficient (Wildman–Crippen LogP) is 4.26. The van der Waals surface area contributed by atoms with Gasteiger partial charge in [-0.15, -0.1) is 0 Å². The van der Waals surface area contributed by atoms with Gasteiger partial charge in [-0.25, -0.2) is 0 Å². The number of nitrogens with zero attached hydrogens (tertiary/aromatic N) is 3. The summed E-state index contributed by atoms with van der Waals surface area (Å²) in [5.74, 6) is 0.904. The van der Waals surface area contributed by atoms with Gasteiger partial charge in [0.05, 0.1) is 5.60 Å². The third-order valence-electron chi connectivity index (χ3n) is 6.62. The third kappa shape index (κ3) is 6.69. The van der Waals surface area contributed by atoms with Gasteiger partial charge in [0.25, 0.3) is 0 Å². The van der Waals surface area contributed by atoms with Crippen LogP contribution in [0.3, 0.4) is 0 Å². The summed E-state index contributed by atoms with van der Waals surface area (Å²) in [5, 5.41) is 11.9. The van der Waals surface area contributed by atoms with Crippen LogP contribution < -0.4 is 4.74 Å². The molecule has 2 aliphatic rings. The van der Waals surface area contributed by atoms with Gasteiger partial charge in [-0.1, -0.05) is 39.7 Å². The fourth-order valence-corrected chi connectivity index (χ4v) is 5.04. The SMILES string of the molecule is CN1CCN(CC2(O)CCN(Cc3cc(Br)ccc3OCc3ccc(Cl)cc3)CC2)CC1. The molecule has 174 valence electrons. The molecule has 1 N–H and O–H groups in total. The molecule has 2 aromatic carbocycles. The zero-order valence-electron chi connectivity index (χ0n) is 18.8. The van der Waals surface area contributed by atoms with E-state index in [1.807, 2.05) is 36.4 Å².